The molecule has 45 heavy (non-hydrogen) atoms. The zero-order valence-electron chi connectivity index (χ0n) is 25.5. The average molecular weight is 615 g/mol. The molecule has 3 heterocycles. The number of benzene rings is 4. The molecule has 10 heteroatoms. The van der Waals surface area contributed by atoms with Gasteiger partial charge in [-0.25, -0.2) is 0 Å². The number of fused-ring (bicyclic) bond motifs is 3. The molecule has 3 aliphatic rings. The first-order valence-electron chi connectivity index (χ1n) is 14.5. The molecule has 0 aliphatic carbocycles. The van der Waals surface area contributed by atoms with E-state index in [0.29, 0.717) is 56.9 Å². The summed E-state index contributed by atoms with van der Waals surface area (Å²) < 4.78 is 47.6. The predicted octanol–water partition coefficient (Wildman–Crippen LogP) is 5.25. The molecule has 1 saturated heterocycles. The van der Waals surface area contributed by atoms with Crippen molar-refractivity contribution in [3.63, 3.8) is 0 Å². The lowest BCUT2D eigenvalue weighted by Gasteiger charge is -2.36. The van der Waals surface area contributed by atoms with Gasteiger partial charge in [-0.15, -0.1) is 0 Å². The first-order valence-corrected chi connectivity index (χ1v) is 14.5. The second kappa shape index (κ2) is 11.0. The number of aromatic hydroxyl groups is 1. The van der Waals surface area contributed by atoms with Gasteiger partial charge >= 0.3 is 0 Å². The van der Waals surface area contributed by atoms with Crippen LogP contribution in [-0.4, -0.2) is 58.0 Å². The van der Waals surface area contributed by atoms with Crippen LogP contribution in [0.3, 0.4) is 0 Å². The van der Waals surface area contributed by atoms with Crippen molar-refractivity contribution >= 4 is 0 Å². The number of epoxide rings is 1. The molecule has 0 bridgehead atoms. The van der Waals surface area contributed by atoms with E-state index in [0.717, 1.165) is 11.1 Å². The smallest absolute Gasteiger partial charge is 0.265 e. The van der Waals surface area contributed by atoms with E-state index in [9.17, 15) is 10.2 Å². The van der Waals surface area contributed by atoms with E-state index < -0.39 is 30.0 Å². The first kappa shape index (κ1) is 28.9. The van der Waals surface area contributed by atoms with Gasteiger partial charge in [0.05, 0.1) is 47.6 Å². The summed E-state index contributed by atoms with van der Waals surface area (Å²) in [6.45, 7) is 0. The predicted molar refractivity (Wildman–Crippen MR) is 162 cm³/mol. The van der Waals surface area contributed by atoms with Crippen molar-refractivity contribution in [2.24, 2.45) is 0 Å². The number of hydrogen-bond donors (Lipinski definition) is 2. The number of aliphatic hydroxyl groups is 1. The molecular formula is C35H34O10. The van der Waals surface area contributed by atoms with Crippen molar-refractivity contribution in [1.82, 2.24) is 0 Å². The quantitative estimate of drug-likeness (QED) is 0.255. The highest BCUT2D eigenvalue weighted by atomic mass is 16.8. The number of hydrogen-bond acceptors (Lipinski definition) is 10. The van der Waals surface area contributed by atoms with Gasteiger partial charge in [-0.05, 0) is 42.0 Å². The Morgan fingerprint density at radius 2 is 1.38 bits per heavy atom. The van der Waals surface area contributed by atoms with Crippen LogP contribution in [0.15, 0.2) is 66.7 Å². The van der Waals surface area contributed by atoms with E-state index in [1.807, 2.05) is 48.5 Å². The Balaban J connectivity index is 1.42. The normalized spacial score (nSPS) is 24.1. The van der Waals surface area contributed by atoms with E-state index in [4.69, 9.17) is 37.9 Å². The van der Waals surface area contributed by atoms with Crippen molar-refractivity contribution in [3.05, 3.63) is 94.5 Å². The standard InChI is InChI=1S/C35H34O10/c1-38-20-10-6-18(7-11-20)32-25(37)16-23-26(41-4)17-24(36)29(33(23)43-32)31-30-27(42-5)14-22(40-3)15-28(30)44-35(34(31)45-35)19-8-12-21(39-2)13-9-19/h6-15,17,25,31-32,34,36-37H,16H2,1-5H3/t25-,31-,32-,34+,35+/m1/s1. The van der Waals surface area contributed by atoms with Crippen LogP contribution in [0.1, 0.15) is 39.8 Å². The molecule has 0 amide bonds. The molecule has 3 aliphatic heterocycles. The molecular weight excluding hydrogens is 580 g/mol. The van der Waals surface area contributed by atoms with Crippen LogP contribution in [0.5, 0.6) is 46.0 Å². The Morgan fingerprint density at radius 3 is 2.00 bits per heavy atom. The molecule has 7 rings (SSSR count). The summed E-state index contributed by atoms with van der Waals surface area (Å²) in [5.41, 5.74) is 3.32. The monoisotopic (exact) mass is 614 g/mol. The summed E-state index contributed by atoms with van der Waals surface area (Å²) in [5.74, 6) is 1.89. The SMILES string of the molecule is COc1ccc([C@H]2Oc3c(c(OC)cc(O)c3[C@@H]3c4c(OC)cc(OC)cc4O[C@@]4(c5ccc(OC)cc5)O[C@@H]34)C[C@H]2O)cc1. The van der Waals surface area contributed by atoms with Crippen LogP contribution in [0, 0.1) is 0 Å². The third-order valence-electron chi connectivity index (χ3n) is 8.86. The van der Waals surface area contributed by atoms with Crippen molar-refractivity contribution < 1.29 is 48.1 Å². The molecule has 0 aromatic heterocycles. The van der Waals surface area contributed by atoms with Crippen molar-refractivity contribution in [2.75, 3.05) is 35.5 Å². The fourth-order valence-corrected chi connectivity index (χ4v) is 6.60. The average Bonchev–Trinajstić information content (AvgIpc) is 3.82. The Kier molecular flexibility index (Phi) is 7.06. The minimum atomic E-state index is -1.16. The lowest BCUT2D eigenvalue weighted by molar-refractivity contribution is 0.0186. The fraction of sp³-hybridized carbons (Fsp3) is 0.314. The zero-order chi connectivity index (χ0) is 31.5. The maximum Gasteiger partial charge on any atom is 0.265 e. The van der Waals surface area contributed by atoms with Gasteiger partial charge in [-0.1, -0.05) is 12.1 Å². The fourth-order valence-electron chi connectivity index (χ4n) is 6.60. The maximum absolute atomic E-state index is 11.8. The van der Waals surface area contributed by atoms with Gasteiger partial charge in [-0.3, -0.25) is 0 Å². The van der Waals surface area contributed by atoms with Crippen LogP contribution in [0.4, 0.5) is 0 Å². The molecule has 234 valence electrons. The van der Waals surface area contributed by atoms with Crippen LogP contribution in [0.2, 0.25) is 0 Å². The van der Waals surface area contributed by atoms with Crippen LogP contribution < -0.4 is 33.2 Å². The third-order valence-corrected chi connectivity index (χ3v) is 8.86. The minimum Gasteiger partial charge on any atom is -0.507 e. The molecule has 1 fully saturated rings. The van der Waals surface area contributed by atoms with Gasteiger partial charge < -0.3 is 48.1 Å². The highest BCUT2D eigenvalue weighted by molar-refractivity contribution is 5.67. The Labute approximate surface area is 260 Å². The molecule has 4 aromatic rings. The number of methoxy groups -OCH3 is 5. The van der Waals surface area contributed by atoms with Crippen LogP contribution in [-0.2, 0) is 16.9 Å². The number of phenols is 1. The van der Waals surface area contributed by atoms with E-state index in [-0.39, 0.29) is 12.2 Å². The largest absolute Gasteiger partial charge is 0.507 e. The molecule has 0 unspecified atom stereocenters. The minimum absolute atomic E-state index is 0.0506. The lowest BCUT2D eigenvalue weighted by Crippen LogP contribution is -2.33. The summed E-state index contributed by atoms with van der Waals surface area (Å²) in [6, 6.07) is 20.0. The topological polar surface area (TPSA) is 118 Å². The van der Waals surface area contributed by atoms with E-state index in [1.54, 1.807) is 46.6 Å². The molecule has 0 radical (unpaired) electrons. The van der Waals surface area contributed by atoms with Crippen LogP contribution >= 0.6 is 0 Å². The van der Waals surface area contributed by atoms with Crippen molar-refractivity contribution in [2.45, 2.75) is 36.4 Å². The van der Waals surface area contributed by atoms with Gasteiger partial charge in [0.1, 0.15) is 58.2 Å². The van der Waals surface area contributed by atoms with E-state index in [2.05, 4.69) is 0 Å². The van der Waals surface area contributed by atoms with Gasteiger partial charge in [-0.2, -0.15) is 0 Å². The maximum atomic E-state index is 11.8. The van der Waals surface area contributed by atoms with Crippen LogP contribution in [0.25, 0.3) is 0 Å². The molecule has 4 aromatic carbocycles. The number of aliphatic hydroxyl groups excluding tert-OH is 1. The Hall–Kier alpha value is -4.80. The van der Waals surface area contributed by atoms with Gasteiger partial charge in [0.15, 0.2) is 0 Å². The second-order valence-electron chi connectivity index (χ2n) is 11.2. The molecule has 0 spiro atoms. The highest BCUT2D eigenvalue weighted by Gasteiger charge is 2.69. The van der Waals surface area contributed by atoms with Gasteiger partial charge in [0.2, 0.25) is 0 Å². The number of ether oxygens (including phenoxy) is 8. The van der Waals surface area contributed by atoms with Gasteiger partial charge in [0.25, 0.3) is 5.79 Å². The first-order chi connectivity index (χ1) is 21.8. The summed E-state index contributed by atoms with van der Waals surface area (Å²) in [6.07, 6.45) is -1.95. The zero-order valence-corrected chi connectivity index (χ0v) is 25.5. The molecule has 5 atom stereocenters. The number of rotatable bonds is 8. The van der Waals surface area contributed by atoms with Gasteiger partial charge in [0, 0.05) is 46.9 Å². The summed E-state index contributed by atoms with van der Waals surface area (Å²) >= 11 is 0. The van der Waals surface area contributed by atoms with E-state index >= 15 is 0 Å². The summed E-state index contributed by atoms with van der Waals surface area (Å²) in [7, 11) is 7.87. The van der Waals surface area contributed by atoms with Crippen molar-refractivity contribution in [3.8, 4) is 46.0 Å². The third kappa shape index (κ3) is 4.55. The highest BCUT2D eigenvalue weighted by Crippen LogP contribution is 2.65. The second-order valence-corrected chi connectivity index (χ2v) is 11.2. The Bertz CT molecular complexity index is 1740. The summed E-state index contributed by atoms with van der Waals surface area (Å²) in [5, 5.41) is 23.1. The number of phenolic OH excluding ortho intramolecular Hbond substituents is 1. The molecule has 2 N–H and O–H groups in total. The van der Waals surface area contributed by atoms with Crippen molar-refractivity contribution in [1.29, 1.82) is 0 Å². The Morgan fingerprint density at radius 1 is 0.733 bits per heavy atom. The van der Waals surface area contributed by atoms with E-state index in [1.165, 1.54) is 7.11 Å². The summed E-state index contributed by atoms with van der Waals surface area (Å²) in [4.78, 5) is 0. The lowest BCUT2D eigenvalue weighted by atomic mass is 9.79. The molecule has 10 nitrogen and oxygen atoms in total. The molecule has 0 saturated carbocycles.